The molecule has 0 amide bonds. The minimum Gasteiger partial charge on any atom is -0.310 e. The SMILES string of the molecule is Cc1cc(N(c2ccc3c(c2)C(C)(C)c2ccccc2-3)c2ccc3c(c2)C(C)(C)c2ccccc2-3)ccc1-c1ccc2c3ccccc3n(-c3ccc4c(c3)C(c3ccccc3)(c3ccccc3)c3ccccc3-4)c2c1. The van der Waals surface area contributed by atoms with E-state index in [9.17, 15) is 0 Å². The summed E-state index contributed by atoms with van der Waals surface area (Å²) in [5.41, 5.74) is 28.4. The molecule has 0 unspecified atom stereocenters. The van der Waals surface area contributed by atoms with Crippen molar-refractivity contribution in [1.29, 1.82) is 0 Å². The Bertz CT molecular complexity index is 4210. The van der Waals surface area contributed by atoms with Gasteiger partial charge in [0.1, 0.15) is 0 Å². The Hall–Kier alpha value is -8.98. The lowest BCUT2D eigenvalue weighted by atomic mass is 9.67. The second-order valence-electron chi connectivity index (χ2n) is 22.5. The van der Waals surface area contributed by atoms with Crippen LogP contribution in [0.25, 0.3) is 72.0 Å². The molecule has 15 rings (SSSR count). The molecule has 11 aromatic carbocycles. The molecule has 76 heavy (non-hydrogen) atoms. The quantitative estimate of drug-likeness (QED) is 0.155. The maximum atomic E-state index is 2.50. The fraction of sp³-hybridized carbons (Fsp3) is 0.108. The monoisotopic (exact) mass is 972 g/mol. The van der Waals surface area contributed by atoms with Crippen molar-refractivity contribution in [3.05, 3.63) is 299 Å². The minimum atomic E-state index is -0.497. The molecule has 0 atom stereocenters. The fourth-order valence-corrected chi connectivity index (χ4v) is 14.2. The molecule has 12 aromatic rings. The van der Waals surface area contributed by atoms with Crippen molar-refractivity contribution in [2.75, 3.05) is 4.90 Å². The van der Waals surface area contributed by atoms with Crippen LogP contribution >= 0.6 is 0 Å². The molecule has 3 aliphatic rings. The fourth-order valence-electron chi connectivity index (χ4n) is 14.2. The van der Waals surface area contributed by atoms with Crippen molar-refractivity contribution in [2.45, 2.75) is 50.9 Å². The predicted octanol–water partition coefficient (Wildman–Crippen LogP) is 19.2. The third-order valence-electron chi connectivity index (χ3n) is 17.8. The summed E-state index contributed by atoms with van der Waals surface area (Å²) in [7, 11) is 0. The number of nitrogens with zero attached hydrogens (tertiary/aromatic N) is 2. The highest BCUT2D eigenvalue weighted by Gasteiger charge is 2.46. The number of rotatable bonds is 7. The van der Waals surface area contributed by atoms with Gasteiger partial charge in [-0.15, -0.1) is 0 Å². The number of fused-ring (bicyclic) bond motifs is 12. The zero-order valence-corrected chi connectivity index (χ0v) is 43.6. The van der Waals surface area contributed by atoms with E-state index in [1.165, 1.54) is 116 Å². The topological polar surface area (TPSA) is 8.17 Å². The Morgan fingerprint density at radius 3 is 1.36 bits per heavy atom. The Balaban J connectivity index is 0.886. The highest BCUT2D eigenvalue weighted by atomic mass is 15.1. The highest BCUT2D eigenvalue weighted by molar-refractivity contribution is 6.10. The zero-order valence-electron chi connectivity index (χ0n) is 43.6. The molecule has 3 aliphatic carbocycles. The minimum absolute atomic E-state index is 0.131. The highest BCUT2D eigenvalue weighted by Crippen LogP contribution is 2.58. The van der Waals surface area contributed by atoms with Gasteiger partial charge in [-0.2, -0.15) is 0 Å². The predicted molar refractivity (Wildman–Crippen MR) is 318 cm³/mol. The van der Waals surface area contributed by atoms with Crippen molar-refractivity contribution in [2.24, 2.45) is 0 Å². The van der Waals surface area contributed by atoms with Gasteiger partial charge in [-0.05, 0) is 162 Å². The van der Waals surface area contributed by atoms with E-state index >= 15 is 0 Å². The summed E-state index contributed by atoms with van der Waals surface area (Å²) in [5, 5.41) is 2.48. The molecule has 0 saturated carbocycles. The standard InChI is InChI=1S/C74H56N2/c1-47-42-51(75(52-34-39-59-56-24-12-16-28-64(56)72(2,3)67(59)44-52)53-35-40-60-57-25-13-17-29-65(57)73(4,5)68(60)45-53)33-38-55(47)48-32-37-63-62-27-15-19-31-70(62)76(71(63)43-48)54-36-41-61-58-26-14-18-30-66(58)74(69(61)46-54,49-20-8-6-9-21-49)50-22-10-7-11-23-50/h6-46H,1-5H3. The molecule has 1 heterocycles. The van der Waals surface area contributed by atoms with Crippen LogP contribution in [0.1, 0.15) is 77.8 Å². The van der Waals surface area contributed by atoms with E-state index in [0.717, 1.165) is 22.7 Å². The van der Waals surface area contributed by atoms with Gasteiger partial charge >= 0.3 is 0 Å². The molecule has 1 aromatic heterocycles. The lowest BCUT2D eigenvalue weighted by Gasteiger charge is -2.34. The van der Waals surface area contributed by atoms with Gasteiger partial charge in [-0.25, -0.2) is 0 Å². The van der Waals surface area contributed by atoms with Gasteiger partial charge in [0.05, 0.1) is 16.4 Å². The number of hydrogen-bond donors (Lipinski definition) is 0. The first-order valence-electron chi connectivity index (χ1n) is 26.9. The van der Waals surface area contributed by atoms with Gasteiger partial charge < -0.3 is 9.47 Å². The van der Waals surface area contributed by atoms with Crippen LogP contribution in [-0.2, 0) is 16.2 Å². The maximum absolute atomic E-state index is 2.50. The Morgan fingerprint density at radius 1 is 0.316 bits per heavy atom. The Morgan fingerprint density at radius 2 is 0.763 bits per heavy atom. The summed E-state index contributed by atoms with van der Waals surface area (Å²) in [4.78, 5) is 2.49. The van der Waals surface area contributed by atoms with Gasteiger partial charge in [0, 0.05) is 44.4 Å². The molecular formula is C74H56N2. The van der Waals surface area contributed by atoms with E-state index in [2.05, 4.69) is 293 Å². The van der Waals surface area contributed by atoms with E-state index in [-0.39, 0.29) is 10.8 Å². The molecule has 362 valence electrons. The average molecular weight is 973 g/mol. The molecule has 2 nitrogen and oxygen atoms in total. The van der Waals surface area contributed by atoms with E-state index in [4.69, 9.17) is 0 Å². The van der Waals surface area contributed by atoms with Crippen LogP contribution in [0.3, 0.4) is 0 Å². The van der Waals surface area contributed by atoms with Crippen LogP contribution < -0.4 is 4.90 Å². The van der Waals surface area contributed by atoms with Gasteiger partial charge in [0.2, 0.25) is 0 Å². The molecule has 0 spiro atoms. The summed E-state index contributed by atoms with van der Waals surface area (Å²) >= 11 is 0. The number of hydrogen-bond acceptors (Lipinski definition) is 1. The van der Waals surface area contributed by atoms with Gasteiger partial charge in [0.15, 0.2) is 0 Å². The number of aryl methyl sites for hydroxylation is 1. The zero-order chi connectivity index (χ0) is 51.1. The molecule has 2 heteroatoms. The molecular weight excluding hydrogens is 917 g/mol. The van der Waals surface area contributed by atoms with Gasteiger partial charge in [-0.3, -0.25) is 0 Å². The third-order valence-corrected chi connectivity index (χ3v) is 17.8. The number of para-hydroxylation sites is 1. The van der Waals surface area contributed by atoms with Gasteiger partial charge in [0.25, 0.3) is 0 Å². The lowest BCUT2D eigenvalue weighted by Crippen LogP contribution is -2.28. The summed E-state index contributed by atoms with van der Waals surface area (Å²) in [6.07, 6.45) is 0. The lowest BCUT2D eigenvalue weighted by molar-refractivity contribution is 0.660. The van der Waals surface area contributed by atoms with Crippen molar-refractivity contribution in [1.82, 2.24) is 4.57 Å². The van der Waals surface area contributed by atoms with Crippen LogP contribution in [0.2, 0.25) is 0 Å². The normalized spacial score (nSPS) is 14.7. The molecule has 0 N–H and O–H groups in total. The van der Waals surface area contributed by atoms with Crippen molar-refractivity contribution in [3.8, 4) is 50.2 Å². The summed E-state index contributed by atoms with van der Waals surface area (Å²) in [5.74, 6) is 0. The van der Waals surface area contributed by atoms with E-state index in [0.29, 0.717) is 0 Å². The molecule has 0 bridgehead atoms. The summed E-state index contributed by atoms with van der Waals surface area (Å²) < 4.78 is 2.50. The van der Waals surface area contributed by atoms with Crippen molar-refractivity contribution < 1.29 is 0 Å². The van der Waals surface area contributed by atoms with Crippen LogP contribution in [0.15, 0.2) is 249 Å². The van der Waals surface area contributed by atoms with Gasteiger partial charge in [-0.1, -0.05) is 216 Å². The number of benzene rings is 11. The van der Waals surface area contributed by atoms with E-state index in [1.807, 2.05) is 0 Å². The van der Waals surface area contributed by atoms with Crippen molar-refractivity contribution in [3.63, 3.8) is 0 Å². The average Bonchev–Trinajstić information content (AvgIpc) is 4.28. The maximum Gasteiger partial charge on any atom is 0.0714 e. The Kier molecular flexibility index (Phi) is 9.52. The van der Waals surface area contributed by atoms with Crippen LogP contribution in [0.5, 0.6) is 0 Å². The molecule has 0 radical (unpaired) electrons. The third kappa shape index (κ3) is 6.16. The van der Waals surface area contributed by atoms with Crippen LogP contribution in [-0.4, -0.2) is 4.57 Å². The number of aromatic nitrogens is 1. The second-order valence-corrected chi connectivity index (χ2v) is 22.5. The summed E-state index contributed by atoms with van der Waals surface area (Å²) in [6, 6.07) is 93.8. The smallest absolute Gasteiger partial charge is 0.0714 e. The van der Waals surface area contributed by atoms with Crippen LogP contribution in [0, 0.1) is 6.92 Å². The molecule has 0 fully saturated rings. The second kappa shape index (κ2) is 16.3. The first kappa shape index (κ1) is 44.5. The molecule has 0 saturated heterocycles. The Labute approximate surface area is 445 Å². The van der Waals surface area contributed by atoms with Crippen LogP contribution in [0.4, 0.5) is 17.1 Å². The van der Waals surface area contributed by atoms with E-state index in [1.54, 1.807) is 0 Å². The molecule has 0 aliphatic heterocycles. The van der Waals surface area contributed by atoms with E-state index < -0.39 is 5.41 Å². The first-order chi connectivity index (χ1) is 37.1. The first-order valence-corrected chi connectivity index (χ1v) is 26.9. The van der Waals surface area contributed by atoms with Crippen molar-refractivity contribution >= 4 is 38.9 Å². The largest absolute Gasteiger partial charge is 0.310 e. The number of anilines is 3. The summed E-state index contributed by atoms with van der Waals surface area (Å²) in [6.45, 7) is 11.8.